The third kappa shape index (κ3) is 5.76. The van der Waals surface area contributed by atoms with Crippen molar-refractivity contribution in [3.8, 4) is 0 Å². The molecular formula is C14H16Ti. The summed E-state index contributed by atoms with van der Waals surface area (Å²) in [7, 11) is 0. The van der Waals surface area contributed by atoms with E-state index < -0.39 is 0 Å². The topological polar surface area (TPSA) is 0 Å². The molecule has 0 aliphatic heterocycles. The molecular weight excluding hydrogens is 216 g/mol. The molecule has 1 aliphatic carbocycles. The minimum absolute atomic E-state index is 0. The molecule has 1 aromatic rings. The van der Waals surface area contributed by atoms with Gasteiger partial charge in [0.1, 0.15) is 0 Å². The molecule has 0 bridgehead atoms. The van der Waals surface area contributed by atoms with Crippen LogP contribution in [0.2, 0.25) is 0 Å². The van der Waals surface area contributed by atoms with Gasteiger partial charge in [-0.3, -0.25) is 6.08 Å². The number of allylic oxidation sites excluding steroid dienone is 4. The summed E-state index contributed by atoms with van der Waals surface area (Å²) in [6.45, 7) is 6.21. The van der Waals surface area contributed by atoms with E-state index in [9.17, 15) is 0 Å². The molecule has 0 aromatic heterocycles. The number of hydrogen-bond acceptors (Lipinski definition) is 0. The maximum Gasteiger partial charge on any atom is 2.00 e. The molecule has 0 amide bonds. The van der Waals surface area contributed by atoms with E-state index in [-0.39, 0.29) is 21.7 Å². The predicted molar refractivity (Wildman–Crippen MR) is 60.9 cm³/mol. The Bertz CT molecular complexity index is 324. The van der Waals surface area contributed by atoms with E-state index in [1.54, 1.807) is 0 Å². The number of rotatable bonds is 0. The van der Waals surface area contributed by atoms with Crippen LogP contribution in [-0.4, -0.2) is 0 Å². The summed E-state index contributed by atoms with van der Waals surface area (Å²) in [5.41, 5.74) is 3.83. The summed E-state index contributed by atoms with van der Waals surface area (Å²) in [5.74, 6) is 0. The summed E-state index contributed by atoms with van der Waals surface area (Å²) in [4.78, 5) is 0. The fourth-order valence-corrected chi connectivity index (χ4v) is 1.12. The van der Waals surface area contributed by atoms with Crippen molar-refractivity contribution in [2.75, 3.05) is 0 Å². The zero-order chi connectivity index (χ0) is 10.4. The van der Waals surface area contributed by atoms with Gasteiger partial charge in [0.05, 0.1) is 0 Å². The van der Waals surface area contributed by atoms with Crippen molar-refractivity contribution in [3.63, 3.8) is 0 Å². The van der Waals surface area contributed by atoms with Crippen LogP contribution < -0.4 is 0 Å². The van der Waals surface area contributed by atoms with Gasteiger partial charge in [-0.05, 0) is 0 Å². The average molecular weight is 232 g/mol. The Morgan fingerprint density at radius 1 is 1.20 bits per heavy atom. The Hall–Kier alpha value is -0.586. The first-order valence-corrected chi connectivity index (χ1v) is 4.88. The maximum absolute atomic E-state index is 3.12. The summed E-state index contributed by atoms with van der Waals surface area (Å²) in [6.07, 6.45) is 8.33. The third-order valence-electron chi connectivity index (χ3n) is 2.20. The molecule has 76 valence electrons. The van der Waals surface area contributed by atoms with Crippen molar-refractivity contribution in [3.05, 3.63) is 59.2 Å². The van der Waals surface area contributed by atoms with E-state index in [2.05, 4.69) is 51.1 Å². The van der Waals surface area contributed by atoms with Gasteiger partial charge < -0.3 is 0 Å². The quantitative estimate of drug-likeness (QED) is 0.471. The van der Waals surface area contributed by atoms with E-state index in [0.717, 1.165) is 6.42 Å². The molecule has 0 saturated carbocycles. The van der Waals surface area contributed by atoms with E-state index in [1.165, 1.54) is 16.7 Å². The minimum atomic E-state index is 0. The monoisotopic (exact) mass is 232 g/mol. The Balaban J connectivity index is 0.000000253. The summed E-state index contributed by atoms with van der Waals surface area (Å²) < 4.78 is 0. The number of hydrogen-bond donors (Lipinski definition) is 0. The average Bonchev–Trinajstić information content (AvgIpc) is 2.63. The van der Waals surface area contributed by atoms with Crippen LogP contribution in [0.1, 0.15) is 24.5 Å². The van der Waals surface area contributed by atoms with Crippen molar-refractivity contribution < 1.29 is 21.7 Å². The molecule has 1 aliphatic rings. The van der Waals surface area contributed by atoms with Gasteiger partial charge in [-0.15, -0.1) is 6.42 Å². The molecule has 0 saturated heterocycles. The van der Waals surface area contributed by atoms with E-state index in [4.69, 9.17) is 0 Å². The Labute approximate surface area is 108 Å². The molecule has 2 rings (SSSR count). The van der Waals surface area contributed by atoms with Gasteiger partial charge in [0, 0.05) is 0 Å². The fourth-order valence-electron chi connectivity index (χ4n) is 1.12. The van der Waals surface area contributed by atoms with Crippen LogP contribution in [0.25, 0.3) is 0 Å². The smallest absolute Gasteiger partial charge is 0.270 e. The fraction of sp³-hybridized carbons (Fsp3) is 0.286. The van der Waals surface area contributed by atoms with Crippen molar-refractivity contribution >= 4 is 0 Å². The summed E-state index contributed by atoms with van der Waals surface area (Å²) in [5, 5.41) is 0. The van der Waals surface area contributed by atoms with E-state index in [0.29, 0.717) is 0 Å². The standard InChI is InChI=1S/C8H9.C6H7.Ti/c1-7-5-3-4-6-8(7)2;1-6-4-2-3-5-6;/h3-5H,1-2H3;2,4H,3H2,1H3;/q2*-1;+2. The van der Waals surface area contributed by atoms with Crippen LogP contribution in [0.15, 0.2) is 35.9 Å². The van der Waals surface area contributed by atoms with Crippen LogP contribution in [0, 0.1) is 26.0 Å². The van der Waals surface area contributed by atoms with Crippen LogP contribution in [0.3, 0.4) is 0 Å². The Morgan fingerprint density at radius 2 is 1.93 bits per heavy atom. The number of aryl methyl sites for hydroxylation is 2. The van der Waals surface area contributed by atoms with Crippen LogP contribution in [0.4, 0.5) is 0 Å². The molecule has 0 heterocycles. The van der Waals surface area contributed by atoms with Crippen molar-refractivity contribution in [2.45, 2.75) is 27.2 Å². The maximum atomic E-state index is 3.12. The molecule has 1 aromatic carbocycles. The molecule has 15 heavy (non-hydrogen) atoms. The molecule has 1 heteroatoms. The van der Waals surface area contributed by atoms with Crippen molar-refractivity contribution in [1.29, 1.82) is 0 Å². The van der Waals surface area contributed by atoms with Gasteiger partial charge in [-0.2, -0.15) is 41.5 Å². The zero-order valence-corrected chi connectivity index (χ0v) is 11.2. The molecule has 0 radical (unpaired) electrons. The van der Waals surface area contributed by atoms with Crippen LogP contribution in [0.5, 0.6) is 0 Å². The molecule has 0 N–H and O–H groups in total. The normalized spacial score (nSPS) is 12.3. The molecule has 0 atom stereocenters. The Morgan fingerprint density at radius 3 is 2.20 bits per heavy atom. The molecule has 0 fully saturated rings. The minimum Gasteiger partial charge on any atom is -0.270 e. The summed E-state index contributed by atoms with van der Waals surface area (Å²) in [6, 6.07) is 9.12. The Kier molecular flexibility index (Phi) is 7.37. The number of benzene rings is 1. The first-order valence-electron chi connectivity index (χ1n) is 4.88. The zero-order valence-electron chi connectivity index (χ0n) is 9.59. The van der Waals surface area contributed by atoms with Gasteiger partial charge in [-0.25, -0.2) is 11.6 Å². The SMILES string of the molecule is CC1=[C-]CC=C1.Cc1[c-]cccc1C.[Ti+2]. The largest absolute Gasteiger partial charge is 2.00 e. The van der Waals surface area contributed by atoms with Crippen LogP contribution >= 0.6 is 0 Å². The van der Waals surface area contributed by atoms with Gasteiger partial charge in [0.25, 0.3) is 0 Å². The second-order valence-corrected chi connectivity index (χ2v) is 3.44. The second kappa shape index (κ2) is 7.67. The van der Waals surface area contributed by atoms with Gasteiger partial charge in [0.2, 0.25) is 0 Å². The predicted octanol–water partition coefficient (Wildman–Crippen LogP) is 3.80. The van der Waals surface area contributed by atoms with E-state index >= 15 is 0 Å². The molecule has 0 spiro atoms. The third-order valence-corrected chi connectivity index (χ3v) is 2.20. The summed E-state index contributed by atoms with van der Waals surface area (Å²) >= 11 is 0. The van der Waals surface area contributed by atoms with Gasteiger partial charge in [0.15, 0.2) is 0 Å². The van der Waals surface area contributed by atoms with Crippen LogP contribution in [-0.2, 0) is 21.7 Å². The van der Waals surface area contributed by atoms with Gasteiger partial charge in [-0.1, -0.05) is 20.8 Å². The van der Waals surface area contributed by atoms with Crippen molar-refractivity contribution in [1.82, 2.24) is 0 Å². The molecule has 0 nitrogen and oxygen atoms in total. The van der Waals surface area contributed by atoms with Crippen molar-refractivity contribution in [2.24, 2.45) is 0 Å². The molecule has 0 unspecified atom stereocenters. The van der Waals surface area contributed by atoms with E-state index in [1.807, 2.05) is 12.1 Å². The second-order valence-electron chi connectivity index (χ2n) is 3.44. The first-order chi connectivity index (χ1) is 6.70. The van der Waals surface area contributed by atoms with Gasteiger partial charge >= 0.3 is 21.7 Å². The first kappa shape index (κ1) is 14.4.